The molecule has 10 nitrogen and oxygen atoms in total. The van der Waals surface area contributed by atoms with Crippen molar-refractivity contribution in [1.29, 1.82) is 0 Å². The summed E-state index contributed by atoms with van der Waals surface area (Å²) in [7, 11) is 2.15. The lowest BCUT2D eigenvalue weighted by Gasteiger charge is -2.27. The van der Waals surface area contributed by atoms with Crippen LogP contribution >= 0.6 is 15.9 Å². The molecule has 1 N–H and O–H groups in total. The van der Waals surface area contributed by atoms with Gasteiger partial charge in [0.25, 0.3) is 5.91 Å². The number of anilines is 1. The molecule has 2 aromatic rings. The molecule has 3 heterocycles. The van der Waals surface area contributed by atoms with Crippen LogP contribution in [0.5, 0.6) is 0 Å². The van der Waals surface area contributed by atoms with E-state index in [9.17, 15) is 9.59 Å². The summed E-state index contributed by atoms with van der Waals surface area (Å²) in [6.45, 7) is 15.5. The maximum Gasteiger partial charge on any atom is 0.260 e. The second-order valence-electron chi connectivity index (χ2n) is 11.0. The average Bonchev–Trinajstić information content (AvgIpc) is 3.42. The number of piperidine rings is 1. The molecule has 4 rings (SSSR count). The Balaban J connectivity index is 0.000000512. The van der Waals surface area contributed by atoms with E-state index in [1.807, 2.05) is 42.9 Å². The summed E-state index contributed by atoms with van der Waals surface area (Å²) in [4.78, 5) is 32.4. The lowest BCUT2D eigenvalue weighted by atomic mass is 9.94. The maximum absolute atomic E-state index is 13.4. The summed E-state index contributed by atoms with van der Waals surface area (Å²) < 4.78 is 2.77. The van der Waals surface area contributed by atoms with Gasteiger partial charge in [0.2, 0.25) is 0 Å². The standard InChI is InChI=1S/C26H32BrN7O.C7H15NO/c1-5-28-24-17-33(16-19(3)27)29-15-22(24)26(35)30-25-14-23(20-10-12-32(4)13-11-20)31-34(25)21-8-6-18(2)7-9-21;1-3-8(4-2)6-5-7-9/h5-9,14-16,20H,10-13,17H2,1-4H3,(H,30,35);7H,3-6H2,1-2H3/b19-16+,28-5?;. The Hall–Kier alpha value is -3.41. The van der Waals surface area contributed by atoms with Crippen LogP contribution in [0.15, 0.2) is 62.4 Å². The van der Waals surface area contributed by atoms with Crippen LogP contribution in [0.2, 0.25) is 0 Å². The number of carbonyl (C=O) groups excluding carboxylic acids is 2. The van der Waals surface area contributed by atoms with Crippen molar-refractivity contribution in [1.82, 2.24) is 24.6 Å². The predicted octanol–water partition coefficient (Wildman–Crippen LogP) is 5.75. The molecule has 1 aromatic carbocycles. The second kappa shape index (κ2) is 17.8. The first-order valence-corrected chi connectivity index (χ1v) is 16.2. The van der Waals surface area contributed by atoms with Gasteiger partial charge in [0.15, 0.2) is 0 Å². The molecule has 0 bridgehead atoms. The molecule has 1 saturated heterocycles. The molecule has 0 saturated carbocycles. The summed E-state index contributed by atoms with van der Waals surface area (Å²) in [6, 6.07) is 10.2. The SMILES string of the molecule is CC=NC1=C(C(=O)Nc2cc(C3CCN(C)CC3)nn2-c2ccc(C)cc2)C=NN(/C=C(\C)Br)C1.CCN(CC)CCC=O. The third kappa shape index (κ3) is 10.3. The van der Waals surface area contributed by atoms with Crippen LogP contribution in [-0.4, -0.2) is 95.5 Å². The number of aryl methyl sites for hydroxylation is 1. The number of hydrogen-bond donors (Lipinski definition) is 1. The van der Waals surface area contributed by atoms with Gasteiger partial charge in [-0.3, -0.25) is 14.8 Å². The van der Waals surface area contributed by atoms with E-state index in [-0.39, 0.29) is 5.91 Å². The Kier molecular flexibility index (Phi) is 14.2. The normalized spacial score (nSPS) is 16.5. The van der Waals surface area contributed by atoms with Gasteiger partial charge in [-0.1, -0.05) is 47.5 Å². The van der Waals surface area contributed by atoms with E-state index in [4.69, 9.17) is 5.10 Å². The number of rotatable bonds is 11. The van der Waals surface area contributed by atoms with Crippen molar-refractivity contribution in [2.45, 2.75) is 59.8 Å². The van der Waals surface area contributed by atoms with Gasteiger partial charge in [-0.05, 0) is 79.0 Å². The Morgan fingerprint density at radius 1 is 1.18 bits per heavy atom. The zero-order chi connectivity index (χ0) is 32.1. The van der Waals surface area contributed by atoms with Gasteiger partial charge in [0.05, 0.1) is 35.4 Å². The summed E-state index contributed by atoms with van der Waals surface area (Å²) in [5.41, 5.74) is 4.19. The van der Waals surface area contributed by atoms with Crippen LogP contribution in [0.3, 0.4) is 0 Å². The van der Waals surface area contributed by atoms with Crippen molar-refractivity contribution in [3.05, 3.63) is 63.5 Å². The topological polar surface area (TPSA) is 98.4 Å². The number of aromatic nitrogens is 2. The number of amides is 1. The number of nitrogens with one attached hydrogen (secondary N) is 1. The lowest BCUT2D eigenvalue weighted by Crippen LogP contribution is -2.29. The second-order valence-corrected chi connectivity index (χ2v) is 12.3. The average molecular weight is 668 g/mol. The third-order valence-electron chi connectivity index (χ3n) is 7.66. The number of aliphatic imine (C=N–C) groups is 1. The van der Waals surface area contributed by atoms with Gasteiger partial charge in [-0.25, -0.2) is 4.68 Å². The van der Waals surface area contributed by atoms with Crippen molar-refractivity contribution in [2.24, 2.45) is 10.1 Å². The minimum atomic E-state index is -0.253. The smallest absolute Gasteiger partial charge is 0.260 e. The number of hydrogen-bond acceptors (Lipinski definition) is 8. The molecule has 2 aliphatic rings. The molecule has 238 valence electrons. The molecule has 11 heteroatoms. The van der Waals surface area contributed by atoms with Gasteiger partial charge in [-0.2, -0.15) is 10.2 Å². The molecule has 0 radical (unpaired) electrons. The summed E-state index contributed by atoms with van der Waals surface area (Å²) in [6.07, 6.45) is 8.87. The molecule has 1 aromatic heterocycles. The Labute approximate surface area is 270 Å². The highest BCUT2D eigenvalue weighted by atomic mass is 79.9. The first-order chi connectivity index (χ1) is 21.2. The number of nitrogens with zero attached hydrogens (tertiary/aromatic N) is 7. The van der Waals surface area contributed by atoms with Gasteiger partial charge in [-0.15, -0.1) is 0 Å². The summed E-state index contributed by atoms with van der Waals surface area (Å²) in [5, 5.41) is 14.2. The number of benzene rings is 1. The number of carbonyl (C=O) groups is 2. The van der Waals surface area contributed by atoms with Crippen molar-refractivity contribution in [3.8, 4) is 5.69 Å². The monoisotopic (exact) mass is 666 g/mol. The number of aldehydes is 1. The molecule has 2 aliphatic heterocycles. The lowest BCUT2D eigenvalue weighted by molar-refractivity contribution is -0.112. The molecule has 0 spiro atoms. The van der Waals surface area contributed by atoms with Gasteiger partial charge in [0.1, 0.15) is 12.1 Å². The van der Waals surface area contributed by atoms with Crippen LogP contribution in [0, 0.1) is 6.92 Å². The number of allylic oxidation sites excluding steroid dienone is 1. The summed E-state index contributed by atoms with van der Waals surface area (Å²) >= 11 is 3.43. The molecule has 0 atom stereocenters. The third-order valence-corrected chi connectivity index (χ3v) is 7.86. The zero-order valence-corrected chi connectivity index (χ0v) is 28.5. The van der Waals surface area contributed by atoms with E-state index < -0.39 is 0 Å². The van der Waals surface area contributed by atoms with Crippen molar-refractivity contribution >= 4 is 46.4 Å². The quantitative estimate of drug-likeness (QED) is 0.242. The maximum atomic E-state index is 13.4. The van der Waals surface area contributed by atoms with Crippen LogP contribution in [0.25, 0.3) is 5.69 Å². The van der Waals surface area contributed by atoms with Crippen molar-refractivity contribution in [3.63, 3.8) is 0 Å². The van der Waals surface area contributed by atoms with Crippen molar-refractivity contribution in [2.75, 3.05) is 51.6 Å². The number of hydrazone groups is 1. The Morgan fingerprint density at radius 3 is 2.45 bits per heavy atom. The van der Waals surface area contributed by atoms with Gasteiger partial charge < -0.3 is 19.9 Å². The molecule has 1 fully saturated rings. The fourth-order valence-corrected chi connectivity index (χ4v) is 5.30. The molecule has 1 amide bonds. The van der Waals surface area contributed by atoms with Crippen LogP contribution < -0.4 is 5.32 Å². The highest BCUT2D eigenvalue weighted by Crippen LogP contribution is 2.30. The fraction of sp³-hybridized carbons (Fsp3) is 0.485. The van der Waals surface area contributed by atoms with Gasteiger partial charge in [0, 0.05) is 41.8 Å². The number of likely N-dealkylation sites (tertiary alicyclic amines) is 1. The van der Waals surface area contributed by atoms with Crippen LogP contribution in [0.4, 0.5) is 5.82 Å². The largest absolute Gasteiger partial charge is 0.306 e. The van der Waals surface area contributed by atoms with E-state index in [0.717, 1.165) is 67.7 Å². The van der Waals surface area contributed by atoms with Crippen LogP contribution in [0.1, 0.15) is 64.1 Å². The van der Waals surface area contributed by atoms with Gasteiger partial charge >= 0.3 is 0 Å². The van der Waals surface area contributed by atoms with E-state index in [1.54, 1.807) is 17.4 Å². The van der Waals surface area contributed by atoms with E-state index in [0.29, 0.717) is 36.0 Å². The van der Waals surface area contributed by atoms with E-state index in [2.05, 4.69) is 81.1 Å². The van der Waals surface area contributed by atoms with Crippen LogP contribution in [-0.2, 0) is 9.59 Å². The first-order valence-electron chi connectivity index (χ1n) is 15.4. The zero-order valence-electron chi connectivity index (χ0n) is 27.0. The molecular formula is C33H47BrN8O2. The minimum Gasteiger partial charge on any atom is -0.306 e. The summed E-state index contributed by atoms with van der Waals surface area (Å²) in [5.74, 6) is 0.765. The Morgan fingerprint density at radius 2 is 1.86 bits per heavy atom. The molecular weight excluding hydrogens is 620 g/mol. The molecule has 0 unspecified atom stereocenters. The highest BCUT2D eigenvalue weighted by Gasteiger charge is 2.25. The molecule has 0 aliphatic carbocycles. The minimum absolute atomic E-state index is 0.253. The van der Waals surface area contributed by atoms with Crippen molar-refractivity contribution < 1.29 is 9.59 Å². The van der Waals surface area contributed by atoms with E-state index in [1.165, 1.54) is 5.56 Å². The van der Waals surface area contributed by atoms with E-state index >= 15 is 0 Å². The predicted molar refractivity (Wildman–Crippen MR) is 184 cm³/mol. The highest BCUT2D eigenvalue weighted by molar-refractivity contribution is 9.11. The Bertz CT molecular complexity index is 1350. The first kappa shape index (κ1) is 35.1. The molecule has 44 heavy (non-hydrogen) atoms. The number of halogens is 1. The fourth-order valence-electron chi connectivity index (χ4n) is 5.06.